The Balaban J connectivity index is 2.07. The maximum atomic E-state index is 12.0. The van der Waals surface area contributed by atoms with Gasteiger partial charge in [-0.25, -0.2) is 0 Å². The number of nitrogens with zero attached hydrogens (tertiary/aromatic N) is 2. The molecule has 2 fully saturated rings. The second-order valence-corrected chi connectivity index (χ2v) is 6.58. The molecule has 1 aliphatic heterocycles. The summed E-state index contributed by atoms with van der Waals surface area (Å²) in [6.45, 7) is 8.47. The number of nitrogens with two attached hydrogens (primary N) is 1. The second-order valence-electron chi connectivity index (χ2n) is 6.58. The van der Waals surface area contributed by atoms with Gasteiger partial charge in [0, 0.05) is 31.7 Å². The zero-order valence-corrected chi connectivity index (χ0v) is 13.2. The van der Waals surface area contributed by atoms with Gasteiger partial charge in [0.1, 0.15) is 0 Å². The van der Waals surface area contributed by atoms with Crippen LogP contribution in [0.25, 0.3) is 0 Å². The van der Waals surface area contributed by atoms with Crippen LogP contribution in [0.4, 0.5) is 0 Å². The minimum Gasteiger partial charge on any atom is -0.368 e. The number of piperazine rings is 1. The van der Waals surface area contributed by atoms with Crippen molar-refractivity contribution in [3.8, 4) is 0 Å². The van der Waals surface area contributed by atoms with E-state index in [1.807, 2.05) is 6.92 Å². The van der Waals surface area contributed by atoms with Crippen molar-refractivity contribution in [3.05, 3.63) is 0 Å². The van der Waals surface area contributed by atoms with Gasteiger partial charge in [-0.15, -0.1) is 0 Å². The van der Waals surface area contributed by atoms with Crippen molar-refractivity contribution in [1.82, 2.24) is 15.1 Å². The summed E-state index contributed by atoms with van der Waals surface area (Å²) in [5.41, 5.74) is 5.22. The van der Waals surface area contributed by atoms with Crippen molar-refractivity contribution in [2.45, 2.75) is 57.2 Å². The number of primary amides is 1. The molecule has 3 N–H and O–H groups in total. The van der Waals surface area contributed by atoms with Crippen LogP contribution in [0.2, 0.25) is 0 Å². The normalized spacial score (nSPS) is 37.0. The zero-order chi connectivity index (χ0) is 14.8. The standard InChI is InChI=1S/C15H30N4O/c1-4-17-15(14(16)20)7-5-6-13(10-15)19-9-8-18(3)11-12(19)2/h12-13,17H,4-11H2,1-3H3,(H2,16,20). The monoisotopic (exact) mass is 282 g/mol. The molecule has 5 heteroatoms. The highest BCUT2D eigenvalue weighted by Gasteiger charge is 2.43. The quantitative estimate of drug-likeness (QED) is 0.783. The van der Waals surface area contributed by atoms with Gasteiger partial charge in [0.05, 0.1) is 5.54 Å². The largest absolute Gasteiger partial charge is 0.368 e. The Labute approximate surface area is 122 Å². The SMILES string of the molecule is CCNC1(C(N)=O)CCCC(N2CCN(C)CC2C)C1. The first-order valence-electron chi connectivity index (χ1n) is 7.97. The predicted octanol–water partition coefficient (Wildman–Crippen LogP) is 0.399. The number of amides is 1. The lowest BCUT2D eigenvalue weighted by molar-refractivity contribution is -0.127. The lowest BCUT2D eigenvalue weighted by atomic mass is 9.77. The number of carbonyl (C=O) groups excluding carboxylic acids is 1. The highest BCUT2D eigenvalue weighted by molar-refractivity contribution is 5.84. The zero-order valence-electron chi connectivity index (χ0n) is 13.2. The van der Waals surface area contributed by atoms with Crippen molar-refractivity contribution >= 4 is 5.91 Å². The molecule has 116 valence electrons. The average Bonchev–Trinajstić information content (AvgIpc) is 2.39. The molecule has 1 amide bonds. The van der Waals surface area contributed by atoms with Gasteiger partial charge in [-0.05, 0) is 46.2 Å². The Hall–Kier alpha value is -0.650. The molecule has 1 aliphatic carbocycles. The lowest BCUT2D eigenvalue weighted by Gasteiger charge is -2.48. The van der Waals surface area contributed by atoms with Gasteiger partial charge in [0.2, 0.25) is 5.91 Å². The molecule has 1 saturated heterocycles. The van der Waals surface area contributed by atoms with Gasteiger partial charge in [0.25, 0.3) is 0 Å². The van der Waals surface area contributed by atoms with Crippen molar-refractivity contribution in [2.24, 2.45) is 5.73 Å². The van der Waals surface area contributed by atoms with E-state index in [0.29, 0.717) is 12.1 Å². The Bertz CT molecular complexity index is 345. The fraction of sp³-hybridized carbons (Fsp3) is 0.933. The summed E-state index contributed by atoms with van der Waals surface area (Å²) in [5, 5.41) is 3.38. The summed E-state index contributed by atoms with van der Waals surface area (Å²) >= 11 is 0. The maximum absolute atomic E-state index is 12.0. The van der Waals surface area contributed by atoms with E-state index in [1.165, 1.54) is 6.42 Å². The topological polar surface area (TPSA) is 61.6 Å². The summed E-state index contributed by atoms with van der Waals surface area (Å²) in [5.74, 6) is -0.175. The molecule has 0 radical (unpaired) electrons. The minimum atomic E-state index is -0.485. The van der Waals surface area contributed by atoms with Gasteiger partial charge in [-0.1, -0.05) is 6.92 Å². The molecule has 1 saturated carbocycles. The van der Waals surface area contributed by atoms with Gasteiger partial charge in [-0.3, -0.25) is 9.69 Å². The highest BCUT2D eigenvalue weighted by Crippen LogP contribution is 2.32. The number of likely N-dealkylation sites (N-methyl/N-ethyl adjacent to an activating group) is 2. The first kappa shape index (κ1) is 15.7. The molecule has 3 atom stereocenters. The van der Waals surface area contributed by atoms with Crippen LogP contribution in [0.15, 0.2) is 0 Å². The average molecular weight is 282 g/mol. The Morgan fingerprint density at radius 3 is 2.80 bits per heavy atom. The first-order chi connectivity index (χ1) is 9.48. The second kappa shape index (κ2) is 6.41. The van der Waals surface area contributed by atoms with Gasteiger partial charge < -0.3 is 16.0 Å². The molecule has 0 aromatic heterocycles. The van der Waals surface area contributed by atoms with Crippen molar-refractivity contribution in [2.75, 3.05) is 33.2 Å². The third kappa shape index (κ3) is 3.15. The fourth-order valence-corrected chi connectivity index (χ4v) is 4.04. The predicted molar refractivity (Wildman–Crippen MR) is 81.5 cm³/mol. The van der Waals surface area contributed by atoms with Crippen molar-refractivity contribution < 1.29 is 4.79 Å². The van der Waals surface area contributed by atoms with Gasteiger partial charge >= 0.3 is 0 Å². The van der Waals surface area contributed by atoms with Crippen molar-refractivity contribution in [3.63, 3.8) is 0 Å². The van der Waals surface area contributed by atoms with Crippen LogP contribution in [0, 0.1) is 0 Å². The van der Waals surface area contributed by atoms with Crippen LogP contribution in [0.5, 0.6) is 0 Å². The van der Waals surface area contributed by atoms with Crippen LogP contribution in [0.3, 0.4) is 0 Å². The molecule has 0 aromatic carbocycles. The molecular weight excluding hydrogens is 252 g/mol. The van der Waals surface area contributed by atoms with Gasteiger partial charge in [-0.2, -0.15) is 0 Å². The molecule has 1 heterocycles. The summed E-state index contributed by atoms with van der Waals surface area (Å²) in [6, 6.07) is 1.04. The Morgan fingerprint density at radius 1 is 1.45 bits per heavy atom. The Morgan fingerprint density at radius 2 is 2.20 bits per heavy atom. The van der Waals surface area contributed by atoms with Crippen molar-refractivity contribution in [1.29, 1.82) is 0 Å². The van der Waals surface area contributed by atoms with E-state index in [2.05, 4.69) is 29.1 Å². The third-order valence-electron chi connectivity index (χ3n) is 5.06. The van der Waals surface area contributed by atoms with Crippen LogP contribution in [-0.4, -0.2) is 66.6 Å². The van der Waals surface area contributed by atoms with E-state index >= 15 is 0 Å². The summed E-state index contributed by atoms with van der Waals surface area (Å²) < 4.78 is 0. The minimum absolute atomic E-state index is 0.175. The summed E-state index contributed by atoms with van der Waals surface area (Å²) in [6.07, 6.45) is 4.02. The van der Waals surface area contributed by atoms with E-state index in [1.54, 1.807) is 0 Å². The summed E-state index contributed by atoms with van der Waals surface area (Å²) in [7, 11) is 2.18. The van der Waals surface area contributed by atoms with Crippen LogP contribution in [-0.2, 0) is 4.79 Å². The maximum Gasteiger partial charge on any atom is 0.237 e. The molecule has 5 nitrogen and oxygen atoms in total. The highest BCUT2D eigenvalue weighted by atomic mass is 16.1. The van der Waals surface area contributed by atoms with E-state index in [0.717, 1.165) is 45.4 Å². The van der Waals surface area contributed by atoms with Crippen LogP contribution in [0.1, 0.15) is 39.5 Å². The number of rotatable bonds is 4. The van der Waals surface area contributed by atoms with Crippen LogP contribution < -0.4 is 11.1 Å². The molecule has 2 rings (SSSR count). The molecule has 0 bridgehead atoms. The fourth-order valence-electron chi connectivity index (χ4n) is 4.04. The lowest BCUT2D eigenvalue weighted by Crippen LogP contribution is -2.63. The smallest absolute Gasteiger partial charge is 0.237 e. The Kier molecular flexibility index (Phi) is 5.04. The molecule has 2 aliphatic rings. The van der Waals surface area contributed by atoms with Gasteiger partial charge in [0.15, 0.2) is 0 Å². The summed E-state index contributed by atoms with van der Waals surface area (Å²) in [4.78, 5) is 16.9. The number of carbonyl (C=O) groups is 1. The molecule has 3 unspecified atom stereocenters. The van der Waals surface area contributed by atoms with E-state index in [4.69, 9.17) is 5.73 Å². The van der Waals surface area contributed by atoms with E-state index in [-0.39, 0.29) is 5.91 Å². The van der Waals surface area contributed by atoms with E-state index < -0.39 is 5.54 Å². The number of hydrogen-bond acceptors (Lipinski definition) is 4. The molecule has 0 spiro atoms. The number of hydrogen-bond donors (Lipinski definition) is 2. The molecule has 20 heavy (non-hydrogen) atoms. The molecular formula is C15H30N4O. The number of nitrogens with one attached hydrogen (secondary N) is 1. The van der Waals surface area contributed by atoms with Crippen LogP contribution >= 0.6 is 0 Å². The third-order valence-corrected chi connectivity index (χ3v) is 5.06. The van der Waals surface area contributed by atoms with E-state index in [9.17, 15) is 4.79 Å². The first-order valence-corrected chi connectivity index (χ1v) is 7.97. The molecule has 0 aromatic rings.